The van der Waals surface area contributed by atoms with Crippen LogP contribution >= 0.6 is 0 Å². The summed E-state index contributed by atoms with van der Waals surface area (Å²) in [6.45, 7) is 5.46. The molecule has 0 saturated heterocycles. The number of ether oxygens (including phenoxy) is 2. The average Bonchev–Trinajstić information content (AvgIpc) is 2.75. The molecule has 0 saturated carbocycles. The SMILES string of the molecule is CCOc1cc(C(=O)NCCc2ccccc2C)ccc1OCc1ccncc1. The lowest BCUT2D eigenvalue weighted by molar-refractivity contribution is 0.0953. The number of nitrogens with one attached hydrogen (secondary N) is 1. The van der Waals surface area contributed by atoms with E-state index >= 15 is 0 Å². The minimum absolute atomic E-state index is 0.125. The van der Waals surface area contributed by atoms with Crippen LogP contribution in [0.4, 0.5) is 0 Å². The zero-order chi connectivity index (χ0) is 20.5. The van der Waals surface area contributed by atoms with Gasteiger partial charge in [0.05, 0.1) is 6.61 Å². The predicted molar refractivity (Wildman–Crippen MR) is 113 cm³/mol. The quantitative estimate of drug-likeness (QED) is 0.590. The maximum absolute atomic E-state index is 12.6. The van der Waals surface area contributed by atoms with Crippen molar-refractivity contribution >= 4 is 5.91 Å². The minimum Gasteiger partial charge on any atom is -0.490 e. The van der Waals surface area contributed by atoms with Gasteiger partial charge in [-0.3, -0.25) is 9.78 Å². The van der Waals surface area contributed by atoms with Crippen molar-refractivity contribution in [3.05, 3.63) is 89.2 Å². The molecule has 3 aromatic rings. The lowest BCUT2D eigenvalue weighted by Crippen LogP contribution is -2.25. The molecule has 150 valence electrons. The van der Waals surface area contributed by atoms with E-state index in [9.17, 15) is 4.79 Å². The molecule has 0 aliphatic heterocycles. The van der Waals surface area contributed by atoms with E-state index in [-0.39, 0.29) is 5.91 Å². The van der Waals surface area contributed by atoms with E-state index < -0.39 is 0 Å². The first-order valence-electron chi connectivity index (χ1n) is 9.78. The highest BCUT2D eigenvalue weighted by molar-refractivity contribution is 5.94. The fraction of sp³-hybridized carbons (Fsp3) is 0.250. The molecule has 1 amide bonds. The van der Waals surface area contributed by atoms with Gasteiger partial charge in [-0.25, -0.2) is 0 Å². The normalized spacial score (nSPS) is 10.4. The van der Waals surface area contributed by atoms with E-state index in [2.05, 4.69) is 29.4 Å². The van der Waals surface area contributed by atoms with Crippen molar-refractivity contribution in [2.75, 3.05) is 13.2 Å². The second-order valence-corrected chi connectivity index (χ2v) is 6.67. The molecule has 0 bridgehead atoms. The smallest absolute Gasteiger partial charge is 0.251 e. The highest BCUT2D eigenvalue weighted by Gasteiger charge is 2.12. The van der Waals surface area contributed by atoms with Gasteiger partial charge in [0.2, 0.25) is 0 Å². The van der Waals surface area contributed by atoms with Crippen LogP contribution in [-0.4, -0.2) is 24.0 Å². The summed E-state index contributed by atoms with van der Waals surface area (Å²) < 4.78 is 11.6. The van der Waals surface area contributed by atoms with Gasteiger partial charge in [0.25, 0.3) is 5.91 Å². The molecule has 0 spiro atoms. The number of nitrogens with zero attached hydrogens (tertiary/aromatic N) is 1. The summed E-state index contributed by atoms with van der Waals surface area (Å²) in [6, 6.07) is 17.3. The molecule has 1 heterocycles. The monoisotopic (exact) mass is 390 g/mol. The number of aryl methyl sites for hydroxylation is 1. The number of hydrogen-bond acceptors (Lipinski definition) is 4. The highest BCUT2D eigenvalue weighted by Crippen LogP contribution is 2.29. The Morgan fingerprint density at radius 1 is 1.00 bits per heavy atom. The van der Waals surface area contributed by atoms with Crippen LogP contribution in [-0.2, 0) is 13.0 Å². The molecule has 1 aromatic heterocycles. The van der Waals surface area contributed by atoms with Crippen molar-refractivity contribution in [2.45, 2.75) is 26.9 Å². The Kier molecular flexibility index (Phi) is 7.22. The molecule has 0 radical (unpaired) electrons. The first kappa shape index (κ1) is 20.4. The maximum Gasteiger partial charge on any atom is 0.251 e. The average molecular weight is 390 g/mol. The van der Waals surface area contributed by atoms with Gasteiger partial charge in [-0.15, -0.1) is 0 Å². The van der Waals surface area contributed by atoms with Crippen LogP contribution in [0.25, 0.3) is 0 Å². The van der Waals surface area contributed by atoms with E-state index in [4.69, 9.17) is 9.47 Å². The largest absolute Gasteiger partial charge is 0.490 e. The summed E-state index contributed by atoms with van der Waals surface area (Å²) in [7, 11) is 0. The summed E-state index contributed by atoms with van der Waals surface area (Å²) in [6.07, 6.45) is 4.25. The molecule has 29 heavy (non-hydrogen) atoms. The van der Waals surface area contributed by atoms with Crippen LogP contribution in [0.5, 0.6) is 11.5 Å². The fourth-order valence-electron chi connectivity index (χ4n) is 2.98. The maximum atomic E-state index is 12.6. The molecular formula is C24H26N2O3. The van der Waals surface area contributed by atoms with Crippen LogP contribution in [0.2, 0.25) is 0 Å². The number of carbonyl (C=O) groups is 1. The van der Waals surface area contributed by atoms with E-state index in [0.29, 0.717) is 36.8 Å². The molecular weight excluding hydrogens is 364 g/mol. The Labute approximate surface area is 171 Å². The van der Waals surface area contributed by atoms with E-state index in [1.54, 1.807) is 30.6 Å². The molecule has 2 aromatic carbocycles. The summed E-state index contributed by atoms with van der Waals surface area (Å²) in [5.74, 6) is 1.05. The Bertz CT molecular complexity index is 942. The van der Waals surface area contributed by atoms with Crippen LogP contribution in [0.3, 0.4) is 0 Å². The van der Waals surface area contributed by atoms with Gasteiger partial charge in [0.15, 0.2) is 11.5 Å². The van der Waals surface area contributed by atoms with Crippen molar-refractivity contribution in [1.82, 2.24) is 10.3 Å². The summed E-state index contributed by atoms with van der Waals surface area (Å²) in [5.41, 5.74) is 4.04. The standard InChI is InChI=1S/C24H26N2O3/c1-3-28-23-16-21(8-9-22(23)29-17-19-10-13-25-14-11-19)24(27)26-15-12-20-7-5-4-6-18(20)2/h4-11,13-14,16H,3,12,15,17H2,1-2H3,(H,26,27). The topological polar surface area (TPSA) is 60.5 Å². The number of pyridine rings is 1. The Morgan fingerprint density at radius 2 is 1.79 bits per heavy atom. The van der Waals surface area contributed by atoms with Crippen molar-refractivity contribution in [3.63, 3.8) is 0 Å². The van der Waals surface area contributed by atoms with Crippen LogP contribution < -0.4 is 14.8 Å². The third-order valence-electron chi connectivity index (χ3n) is 4.59. The van der Waals surface area contributed by atoms with Crippen LogP contribution in [0.15, 0.2) is 67.0 Å². The highest BCUT2D eigenvalue weighted by atomic mass is 16.5. The minimum atomic E-state index is -0.125. The van der Waals surface area contributed by atoms with Gasteiger partial charge in [0.1, 0.15) is 6.61 Å². The van der Waals surface area contributed by atoms with Gasteiger partial charge in [0, 0.05) is 24.5 Å². The van der Waals surface area contributed by atoms with Gasteiger partial charge in [-0.1, -0.05) is 24.3 Å². The van der Waals surface area contributed by atoms with E-state index in [1.165, 1.54) is 11.1 Å². The summed E-state index contributed by atoms with van der Waals surface area (Å²) >= 11 is 0. The number of amides is 1. The molecule has 3 rings (SSSR count). The van der Waals surface area contributed by atoms with Crippen molar-refractivity contribution in [2.24, 2.45) is 0 Å². The lowest BCUT2D eigenvalue weighted by atomic mass is 10.1. The Hall–Kier alpha value is -3.34. The first-order valence-corrected chi connectivity index (χ1v) is 9.78. The molecule has 0 fully saturated rings. The molecule has 5 heteroatoms. The van der Waals surface area contributed by atoms with E-state index in [1.807, 2.05) is 31.2 Å². The first-order chi connectivity index (χ1) is 14.2. The molecule has 1 N–H and O–H groups in total. The second kappa shape index (κ2) is 10.3. The molecule has 5 nitrogen and oxygen atoms in total. The number of benzene rings is 2. The summed E-state index contributed by atoms with van der Waals surface area (Å²) in [5, 5.41) is 2.98. The zero-order valence-electron chi connectivity index (χ0n) is 16.9. The predicted octanol–water partition coefficient (Wildman–Crippen LogP) is 4.34. The third kappa shape index (κ3) is 5.82. The number of aromatic nitrogens is 1. The van der Waals surface area contributed by atoms with Gasteiger partial charge < -0.3 is 14.8 Å². The summed E-state index contributed by atoms with van der Waals surface area (Å²) in [4.78, 5) is 16.6. The number of hydrogen-bond donors (Lipinski definition) is 1. The van der Waals surface area contributed by atoms with Crippen molar-refractivity contribution < 1.29 is 14.3 Å². The van der Waals surface area contributed by atoms with Crippen molar-refractivity contribution in [3.8, 4) is 11.5 Å². The van der Waals surface area contributed by atoms with Gasteiger partial charge in [-0.2, -0.15) is 0 Å². The van der Waals surface area contributed by atoms with Crippen LogP contribution in [0.1, 0.15) is 34.0 Å². The Balaban J connectivity index is 1.62. The van der Waals surface area contributed by atoms with Crippen molar-refractivity contribution in [1.29, 1.82) is 0 Å². The molecule has 0 aliphatic rings. The molecule has 0 unspecified atom stereocenters. The second-order valence-electron chi connectivity index (χ2n) is 6.67. The fourth-order valence-corrected chi connectivity index (χ4v) is 2.98. The molecule has 0 atom stereocenters. The lowest BCUT2D eigenvalue weighted by Gasteiger charge is -2.14. The van der Waals surface area contributed by atoms with E-state index in [0.717, 1.165) is 12.0 Å². The number of rotatable bonds is 9. The van der Waals surface area contributed by atoms with Gasteiger partial charge >= 0.3 is 0 Å². The number of carbonyl (C=O) groups excluding carboxylic acids is 1. The zero-order valence-corrected chi connectivity index (χ0v) is 16.9. The third-order valence-corrected chi connectivity index (χ3v) is 4.59. The molecule has 0 aliphatic carbocycles. The van der Waals surface area contributed by atoms with Gasteiger partial charge in [-0.05, 0) is 67.3 Å². The van der Waals surface area contributed by atoms with Crippen LogP contribution in [0, 0.1) is 6.92 Å². The Morgan fingerprint density at radius 3 is 2.55 bits per heavy atom.